The van der Waals surface area contributed by atoms with Crippen molar-refractivity contribution in [3.8, 4) is 0 Å². The number of likely N-dealkylation sites (tertiary alicyclic amines) is 1. The smallest absolute Gasteiger partial charge is 0.274 e. The minimum absolute atomic E-state index is 0.0373. The maximum atomic E-state index is 12.2. The molecule has 0 aromatic carbocycles. The SMILES string of the molecule is C[C@@H]1C[C@@H]2CCN(C(=O)c3cnccn3)C[C@H]2O1. The van der Waals surface area contributed by atoms with Crippen molar-refractivity contribution in [1.82, 2.24) is 14.9 Å². The molecule has 2 fully saturated rings. The molecule has 2 aliphatic heterocycles. The molecular weight excluding hydrogens is 230 g/mol. The molecule has 0 saturated carbocycles. The van der Waals surface area contributed by atoms with Crippen molar-refractivity contribution < 1.29 is 9.53 Å². The Bertz CT molecular complexity index is 437. The molecule has 2 aliphatic rings. The van der Waals surface area contributed by atoms with Gasteiger partial charge in [-0.05, 0) is 25.7 Å². The zero-order valence-corrected chi connectivity index (χ0v) is 10.5. The van der Waals surface area contributed by atoms with Gasteiger partial charge in [0.1, 0.15) is 5.69 Å². The molecule has 1 amide bonds. The van der Waals surface area contributed by atoms with Crippen LogP contribution >= 0.6 is 0 Å². The van der Waals surface area contributed by atoms with Gasteiger partial charge in [-0.15, -0.1) is 0 Å². The lowest BCUT2D eigenvalue weighted by atomic mass is 9.92. The van der Waals surface area contributed by atoms with Gasteiger partial charge in [-0.2, -0.15) is 0 Å². The summed E-state index contributed by atoms with van der Waals surface area (Å²) in [4.78, 5) is 22.1. The summed E-state index contributed by atoms with van der Waals surface area (Å²) in [7, 11) is 0. The number of rotatable bonds is 1. The van der Waals surface area contributed by atoms with E-state index in [1.807, 2.05) is 4.90 Å². The number of fused-ring (bicyclic) bond motifs is 1. The lowest BCUT2D eigenvalue weighted by Crippen LogP contribution is -2.45. The van der Waals surface area contributed by atoms with Crippen LogP contribution in [0, 0.1) is 5.92 Å². The summed E-state index contributed by atoms with van der Waals surface area (Å²) in [6, 6.07) is 0. The first-order valence-electron chi connectivity index (χ1n) is 6.45. The fourth-order valence-corrected chi connectivity index (χ4v) is 2.93. The van der Waals surface area contributed by atoms with Crippen LogP contribution in [0.1, 0.15) is 30.3 Å². The largest absolute Gasteiger partial charge is 0.373 e. The fourth-order valence-electron chi connectivity index (χ4n) is 2.93. The van der Waals surface area contributed by atoms with Gasteiger partial charge in [0.15, 0.2) is 0 Å². The van der Waals surface area contributed by atoms with E-state index in [9.17, 15) is 4.79 Å². The number of hydrogen-bond donors (Lipinski definition) is 0. The van der Waals surface area contributed by atoms with Crippen molar-refractivity contribution >= 4 is 5.91 Å². The van der Waals surface area contributed by atoms with E-state index in [-0.39, 0.29) is 12.0 Å². The highest BCUT2D eigenvalue weighted by Crippen LogP contribution is 2.33. The Kier molecular flexibility index (Phi) is 2.99. The number of carbonyl (C=O) groups is 1. The Labute approximate surface area is 106 Å². The van der Waals surface area contributed by atoms with Crippen molar-refractivity contribution in [3.05, 3.63) is 24.3 Å². The van der Waals surface area contributed by atoms with Crippen LogP contribution in [0.3, 0.4) is 0 Å². The molecule has 3 heterocycles. The third-order valence-electron chi connectivity index (χ3n) is 3.81. The summed E-state index contributed by atoms with van der Waals surface area (Å²) in [6.07, 6.45) is 7.32. The van der Waals surface area contributed by atoms with Gasteiger partial charge in [-0.25, -0.2) is 4.98 Å². The normalized spacial score (nSPS) is 31.2. The van der Waals surface area contributed by atoms with Gasteiger partial charge in [-0.1, -0.05) is 0 Å². The predicted octanol–water partition coefficient (Wildman–Crippen LogP) is 1.12. The molecule has 18 heavy (non-hydrogen) atoms. The lowest BCUT2D eigenvalue weighted by molar-refractivity contribution is 0.00136. The van der Waals surface area contributed by atoms with E-state index in [1.165, 1.54) is 6.20 Å². The molecule has 5 nitrogen and oxygen atoms in total. The van der Waals surface area contributed by atoms with Gasteiger partial charge in [0.05, 0.1) is 18.4 Å². The second-order valence-electron chi connectivity index (χ2n) is 5.11. The third-order valence-corrected chi connectivity index (χ3v) is 3.81. The van der Waals surface area contributed by atoms with Gasteiger partial charge < -0.3 is 9.64 Å². The number of ether oxygens (including phenoxy) is 1. The molecule has 0 radical (unpaired) electrons. The second kappa shape index (κ2) is 4.65. The van der Waals surface area contributed by atoms with Crippen molar-refractivity contribution in [3.63, 3.8) is 0 Å². The third kappa shape index (κ3) is 2.10. The number of amides is 1. The average molecular weight is 247 g/mol. The molecule has 5 heteroatoms. The minimum Gasteiger partial charge on any atom is -0.373 e. The van der Waals surface area contributed by atoms with Crippen molar-refractivity contribution in [2.24, 2.45) is 5.92 Å². The van der Waals surface area contributed by atoms with Gasteiger partial charge in [-0.3, -0.25) is 9.78 Å². The number of nitrogens with zero attached hydrogens (tertiary/aromatic N) is 3. The first-order chi connectivity index (χ1) is 8.74. The summed E-state index contributed by atoms with van der Waals surface area (Å²) < 4.78 is 5.85. The van der Waals surface area contributed by atoms with E-state index in [0.717, 1.165) is 19.4 Å². The molecule has 0 unspecified atom stereocenters. The van der Waals surface area contributed by atoms with Crippen LogP contribution in [0.4, 0.5) is 0 Å². The van der Waals surface area contributed by atoms with Gasteiger partial charge in [0, 0.05) is 25.5 Å². The molecule has 96 valence electrons. The Balaban J connectivity index is 1.70. The van der Waals surface area contributed by atoms with E-state index in [1.54, 1.807) is 12.4 Å². The number of hydrogen-bond acceptors (Lipinski definition) is 4. The number of aromatic nitrogens is 2. The Hall–Kier alpha value is -1.49. The summed E-state index contributed by atoms with van der Waals surface area (Å²) in [5, 5.41) is 0. The first kappa shape index (κ1) is 11.6. The first-order valence-corrected chi connectivity index (χ1v) is 6.45. The quantitative estimate of drug-likeness (QED) is 0.746. The molecule has 1 aromatic rings. The topological polar surface area (TPSA) is 55.3 Å². The van der Waals surface area contributed by atoms with Gasteiger partial charge in [0.2, 0.25) is 0 Å². The Morgan fingerprint density at radius 3 is 3.17 bits per heavy atom. The molecule has 0 spiro atoms. The minimum atomic E-state index is -0.0373. The molecule has 0 aliphatic carbocycles. The number of piperidine rings is 1. The van der Waals surface area contributed by atoms with Crippen molar-refractivity contribution in [2.45, 2.75) is 32.0 Å². The van der Waals surface area contributed by atoms with Crippen LogP contribution in [0.2, 0.25) is 0 Å². The molecule has 3 rings (SSSR count). The van der Waals surface area contributed by atoms with Crippen LogP contribution in [0.15, 0.2) is 18.6 Å². The fraction of sp³-hybridized carbons (Fsp3) is 0.615. The van der Waals surface area contributed by atoms with Crippen LogP contribution < -0.4 is 0 Å². The van der Waals surface area contributed by atoms with Crippen LogP contribution in [0.25, 0.3) is 0 Å². The van der Waals surface area contributed by atoms with Crippen molar-refractivity contribution in [2.75, 3.05) is 13.1 Å². The maximum Gasteiger partial charge on any atom is 0.274 e. The predicted molar refractivity (Wildman–Crippen MR) is 65.0 cm³/mol. The Morgan fingerprint density at radius 1 is 1.50 bits per heavy atom. The molecule has 3 atom stereocenters. The molecule has 1 aromatic heterocycles. The zero-order valence-electron chi connectivity index (χ0n) is 10.5. The average Bonchev–Trinajstić information content (AvgIpc) is 2.78. The van der Waals surface area contributed by atoms with E-state index in [4.69, 9.17) is 4.74 Å². The summed E-state index contributed by atoms with van der Waals surface area (Å²) >= 11 is 0. The highest BCUT2D eigenvalue weighted by Gasteiger charge is 2.38. The lowest BCUT2D eigenvalue weighted by Gasteiger charge is -2.33. The summed E-state index contributed by atoms with van der Waals surface area (Å²) in [5.74, 6) is 0.579. The van der Waals surface area contributed by atoms with Crippen LogP contribution in [-0.2, 0) is 4.74 Å². The maximum absolute atomic E-state index is 12.2. The van der Waals surface area contributed by atoms with Crippen LogP contribution in [0.5, 0.6) is 0 Å². The van der Waals surface area contributed by atoms with E-state index in [0.29, 0.717) is 24.3 Å². The molecule has 0 bridgehead atoms. The zero-order chi connectivity index (χ0) is 12.5. The molecule has 0 N–H and O–H groups in total. The standard InChI is InChI=1S/C13H17N3O2/c1-9-6-10-2-5-16(8-12(10)18-9)13(17)11-7-14-3-4-15-11/h3-4,7,9-10,12H,2,5-6,8H2,1H3/t9-,10+,12-/m1/s1. The highest BCUT2D eigenvalue weighted by molar-refractivity contribution is 5.92. The Morgan fingerprint density at radius 2 is 2.39 bits per heavy atom. The number of carbonyl (C=O) groups excluding carboxylic acids is 1. The summed E-state index contributed by atoms with van der Waals surface area (Å²) in [6.45, 7) is 3.59. The molecule has 2 saturated heterocycles. The van der Waals surface area contributed by atoms with E-state index >= 15 is 0 Å². The monoisotopic (exact) mass is 247 g/mol. The summed E-state index contributed by atoms with van der Waals surface area (Å²) in [5.41, 5.74) is 0.419. The highest BCUT2D eigenvalue weighted by atomic mass is 16.5. The van der Waals surface area contributed by atoms with Crippen LogP contribution in [-0.4, -0.2) is 46.1 Å². The van der Waals surface area contributed by atoms with E-state index in [2.05, 4.69) is 16.9 Å². The second-order valence-corrected chi connectivity index (χ2v) is 5.11. The van der Waals surface area contributed by atoms with Gasteiger partial charge >= 0.3 is 0 Å². The van der Waals surface area contributed by atoms with Gasteiger partial charge in [0.25, 0.3) is 5.91 Å². The van der Waals surface area contributed by atoms with E-state index < -0.39 is 0 Å². The van der Waals surface area contributed by atoms with Crippen molar-refractivity contribution in [1.29, 1.82) is 0 Å². The molecular formula is C13H17N3O2.